The quantitative estimate of drug-likeness (QED) is 0.379. The predicted molar refractivity (Wildman–Crippen MR) is 76.7 cm³/mol. The van der Waals surface area contributed by atoms with Crippen LogP contribution in [0.5, 0.6) is 0 Å². The van der Waals surface area contributed by atoms with Crippen molar-refractivity contribution in [3.8, 4) is 0 Å². The molecule has 0 spiro atoms. The van der Waals surface area contributed by atoms with E-state index in [2.05, 4.69) is 15.6 Å². The van der Waals surface area contributed by atoms with E-state index in [-0.39, 0.29) is 5.91 Å². The first kappa shape index (κ1) is 14.0. The largest absolute Gasteiger partial charge is 0.294 e. The van der Waals surface area contributed by atoms with Gasteiger partial charge in [-0.25, -0.2) is 5.84 Å². The molecule has 0 radical (unpaired) electrons. The maximum Gasteiger partial charge on any atom is 0.238 e. The van der Waals surface area contributed by atoms with Gasteiger partial charge in [-0.1, -0.05) is 47.4 Å². The molecule has 100 valence electrons. The van der Waals surface area contributed by atoms with E-state index >= 15 is 0 Å². The molecule has 0 saturated heterocycles. The molecule has 0 aliphatic heterocycles. The summed E-state index contributed by atoms with van der Waals surface area (Å²) in [7, 11) is 0. The molecule has 0 aliphatic carbocycles. The highest BCUT2D eigenvalue weighted by molar-refractivity contribution is 8.00. The van der Waals surface area contributed by atoms with Gasteiger partial charge >= 0.3 is 0 Å². The summed E-state index contributed by atoms with van der Waals surface area (Å²) >= 11 is 3.20. The van der Waals surface area contributed by atoms with Gasteiger partial charge in [-0.3, -0.25) is 10.2 Å². The van der Waals surface area contributed by atoms with E-state index in [9.17, 15) is 4.79 Å². The number of benzene rings is 1. The number of nitrogens with one attached hydrogen (secondary N) is 1. The van der Waals surface area contributed by atoms with Crippen molar-refractivity contribution in [2.24, 2.45) is 5.84 Å². The summed E-state index contributed by atoms with van der Waals surface area (Å²) in [6.07, 6.45) is 0.294. The molecule has 0 atom stereocenters. The molecule has 1 heterocycles. The molecule has 19 heavy (non-hydrogen) atoms. The minimum Gasteiger partial charge on any atom is -0.294 e. The van der Waals surface area contributed by atoms with Gasteiger partial charge in [0.15, 0.2) is 4.34 Å². The van der Waals surface area contributed by atoms with Crippen molar-refractivity contribution in [2.75, 3.05) is 0 Å². The van der Waals surface area contributed by atoms with Crippen LogP contribution < -0.4 is 11.3 Å². The minimum atomic E-state index is -0.191. The third-order valence-corrected chi connectivity index (χ3v) is 4.51. The number of nitrogens with zero attached hydrogens (tertiary/aromatic N) is 2. The second-order valence-electron chi connectivity index (χ2n) is 3.89. The summed E-state index contributed by atoms with van der Waals surface area (Å²) in [5, 5.41) is 9.01. The average Bonchev–Trinajstić information content (AvgIpc) is 2.83. The highest BCUT2D eigenvalue weighted by Gasteiger charge is 2.08. The Bertz CT molecular complexity index is 570. The molecule has 1 aromatic carbocycles. The summed E-state index contributed by atoms with van der Waals surface area (Å²) in [6, 6.07) is 7.84. The normalized spacial score (nSPS) is 10.4. The van der Waals surface area contributed by atoms with E-state index in [1.165, 1.54) is 0 Å². The van der Waals surface area contributed by atoms with Crippen LogP contribution in [-0.2, 0) is 17.0 Å². The lowest BCUT2D eigenvalue weighted by atomic mass is 10.1. The Morgan fingerprint density at radius 1 is 1.37 bits per heavy atom. The number of nitrogens with two attached hydrogens (primary N) is 1. The molecule has 1 amide bonds. The van der Waals surface area contributed by atoms with E-state index < -0.39 is 0 Å². The van der Waals surface area contributed by atoms with Crippen LogP contribution in [0.1, 0.15) is 16.1 Å². The number of rotatable bonds is 5. The number of carbonyl (C=O) groups is 1. The standard InChI is InChI=1S/C12H14N4OS2/c1-8-15-16-12(19-8)18-7-10-5-3-2-4-9(10)6-11(17)14-13/h2-5H,6-7,13H2,1H3,(H,14,17). The van der Waals surface area contributed by atoms with Gasteiger partial charge in [-0.05, 0) is 18.1 Å². The van der Waals surface area contributed by atoms with Crippen molar-refractivity contribution in [2.45, 2.75) is 23.4 Å². The Morgan fingerprint density at radius 2 is 2.11 bits per heavy atom. The number of carbonyl (C=O) groups excluding carboxylic acids is 1. The molecule has 7 heteroatoms. The van der Waals surface area contributed by atoms with Crippen molar-refractivity contribution in [1.29, 1.82) is 0 Å². The maximum atomic E-state index is 11.3. The zero-order valence-electron chi connectivity index (χ0n) is 10.4. The average molecular weight is 294 g/mol. The molecule has 0 unspecified atom stereocenters. The van der Waals surface area contributed by atoms with Crippen molar-refractivity contribution >= 4 is 29.0 Å². The third-order valence-electron chi connectivity index (χ3n) is 2.49. The number of hydrogen-bond donors (Lipinski definition) is 2. The molecule has 0 bridgehead atoms. The molecular formula is C12H14N4OS2. The lowest BCUT2D eigenvalue weighted by molar-refractivity contribution is -0.120. The summed E-state index contributed by atoms with van der Waals surface area (Å²) in [5.41, 5.74) is 4.25. The smallest absolute Gasteiger partial charge is 0.238 e. The molecule has 0 aliphatic rings. The van der Waals surface area contributed by atoms with Gasteiger partial charge in [-0.15, -0.1) is 10.2 Å². The van der Waals surface area contributed by atoms with Crippen LogP contribution in [-0.4, -0.2) is 16.1 Å². The van der Waals surface area contributed by atoms with Crippen molar-refractivity contribution in [1.82, 2.24) is 15.6 Å². The Balaban J connectivity index is 2.05. The van der Waals surface area contributed by atoms with Crippen molar-refractivity contribution in [3.05, 3.63) is 40.4 Å². The Morgan fingerprint density at radius 3 is 2.74 bits per heavy atom. The van der Waals surface area contributed by atoms with Gasteiger partial charge in [-0.2, -0.15) is 0 Å². The molecule has 5 nitrogen and oxygen atoms in total. The Labute approximate surface area is 119 Å². The summed E-state index contributed by atoms with van der Waals surface area (Å²) in [6.45, 7) is 1.93. The predicted octanol–water partition coefficient (Wildman–Crippen LogP) is 1.67. The summed E-state index contributed by atoms with van der Waals surface area (Å²) in [4.78, 5) is 11.3. The summed E-state index contributed by atoms with van der Waals surface area (Å²) in [5.74, 6) is 5.69. The highest BCUT2D eigenvalue weighted by atomic mass is 32.2. The zero-order chi connectivity index (χ0) is 13.7. The number of aromatic nitrogens is 2. The van der Waals surface area contributed by atoms with E-state index in [0.29, 0.717) is 6.42 Å². The van der Waals surface area contributed by atoms with Gasteiger partial charge < -0.3 is 0 Å². The minimum absolute atomic E-state index is 0.191. The summed E-state index contributed by atoms with van der Waals surface area (Å²) < 4.78 is 0.940. The van der Waals surface area contributed by atoms with Crippen LogP contribution >= 0.6 is 23.1 Å². The first-order valence-electron chi connectivity index (χ1n) is 5.68. The van der Waals surface area contributed by atoms with Crippen molar-refractivity contribution < 1.29 is 4.79 Å². The fraction of sp³-hybridized carbons (Fsp3) is 0.250. The number of aryl methyl sites for hydroxylation is 1. The molecular weight excluding hydrogens is 280 g/mol. The fourth-order valence-electron chi connectivity index (χ4n) is 1.57. The number of amides is 1. The topological polar surface area (TPSA) is 80.9 Å². The van der Waals surface area contributed by atoms with Gasteiger partial charge in [0.1, 0.15) is 5.01 Å². The van der Waals surface area contributed by atoms with E-state index in [4.69, 9.17) is 5.84 Å². The van der Waals surface area contributed by atoms with Crippen molar-refractivity contribution in [3.63, 3.8) is 0 Å². The maximum absolute atomic E-state index is 11.3. The number of hydrogen-bond acceptors (Lipinski definition) is 6. The lowest BCUT2D eigenvalue weighted by Gasteiger charge is -2.07. The molecule has 0 saturated carbocycles. The van der Waals surface area contributed by atoms with E-state index in [1.54, 1.807) is 23.1 Å². The third kappa shape index (κ3) is 4.02. The first-order valence-corrected chi connectivity index (χ1v) is 7.48. The van der Waals surface area contributed by atoms with Crippen LogP contribution in [0, 0.1) is 6.92 Å². The van der Waals surface area contributed by atoms with E-state index in [1.807, 2.05) is 31.2 Å². The van der Waals surface area contributed by atoms with Crippen LogP contribution in [0.2, 0.25) is 0 Å². The number of thioether (sulfide) groups is 1. The number of hydrazine groups is 1. The lowest BCUT2D eigenvalue weighted by Crippen LogP contribution is -2.31. The molecule has 3 N–H and O–H groups in total. The zero-order valence-corrected chi connectivity index (χ0v) is 12.1. The second-order valence-corrected chi connectivity index (χ2v) is 6.29. The van der Waals surface area contributed by atoms with Crippen LogP contribution in [0.3, 0.4) is 0 Å². The monoisotopic (exact) mass is 294 g/mol. The molecule has 0 fully saturated rings. The van der Waals surface area contributed by atoms with Gasteiger partial charge in [0, 0.05) is 5.75 Å². The molecule has 2 aromatic rings. The Kier molecular flexibility index (Phi) is 4.89. The SMILES string of the molecule is Cc1nnc(SCc2ccccc2CC(=O)NN)s1. The van der Waals surface area contributed by atoms with Gasteiger partial charge in [0.05, 0.1) is 6.42 Å². The van der Waals surface area contributed by atoms with Gasteiger partial charge in [0.2, 0.25) is 5.91 Å². The second kappa shape index (κ2) is 6.65. The van der Waals surface area contributed by atoms with Crippen LogP contribution in [0.25, 0.3) is 0 Å². The van der Waals surface area contributed by atoms with Crippen LogP contribution in [0.15, 0.2) is 28.6 Å². The Hall–Kier alpha value is -1.44. The molecule has 1 aromatic heterocycles. The van der Waals surface area contributed by atoms with Crippen LogP contribution in [0.4, 0.5) is 0 Å². The van der Waals surface area contributed by atoms with E-state index in [0.717, 1.165) is 26.2 Å². The molecule has 2 rings (SSSR count). The fourth-order valence-corrected chi connectivity index (χ4v) is 3.42. The van der Waals surface area contributed by atoms with Gasteiger partial charge in [0.25, 0.3) is 0 Å². The highest BCUT2D eigenvalue weighted by Crippen LogP contribution is 2.27. The first-order chi connectivity index (χ1) is 9.19.